The SMILES string of the molecule is CCCCC(=C=Nc1ccccc1)C(=O)c1ccccc1. The van der Waals surface area contributed by atoms with E-state index >= 15 is 0 Å². The first-order chi connectivity index (χ1) is 10.3. The number of nitrogens with zero attached hydrogens (tertiary/aromatic N) is 1. The molecule has 0 N–H and O–H groups in total. The largest absolute Gasteiger partial charge is 0.288 e. The predicted molar refractivity (Wildman–Crippen MR) is 87.3 cm³/mol. The summed E-state index contributed by atoms with van der Waals surface area (Å²) >= 11 is 0. The van der Waals surface area contributed by atoms with Gasteiger partial charge in [-0.05, 0) is 30.8 Å². The second-order valence-electron chi connectivity index (χ2n) is 4.84. The summed E-state index contributed by atoms with van der Waals surface area (Å²) in [5.74, 6) is 2.98. The van der Waals surface area contributed by atoms with Gasteiger partial charge < -0.3 is 0 Å². The minimum Gasteiger partial charge on any atom is -0.288 e. The van der Waals surface area contributed by atoms with Gasteiger partial charge in [-0.2, -0.15) is 0 Å². The highest BCUT2D eigenvalue weighted by molar-refractivity contribution is 6.13. The lowest BCUT2D eigenvalue weighted by molar-refractivity contribution is 0.103. The van der Waals surface area contributed by atoms with Crippen molar-refractivity contribution in [2.45, 2.75) is 26.2 Å². The molecular formula is C19H19NO. The number of hydrogen-bond acceptors (Lipinski definition) is 2. The number of carbonyl (C=O) groups excluding carboxylic acids is 1. The van der Waals surface area contributed by atoms with E-state index in [4.69, 9.17) is 0 Å². The quantitative estimate of drug-likeness (QED) is 0.415. The molecule has 2 nitrogen and oxygen atoms in total. The number of unbranched alkanes of at least 4 members (excludes halogenated alkanes) is 1. The molecule has 0 saturated heterocycles. The molecule has 0 aliphatic carbocycles. The molecule has 106 valence electrons. The van der Waals surface area contributed by atoms with E-state index in [1.165, 1.54) is 0 Å². The summed E-state index contributed by atoms with van der Waals surface area (Å²) in [6.45, 7) is 2.11. The smallest absolute Gasteiger partial charge is 0.198 e. The van der Waals surface area contributed by atoms with Gasteiger partial charge in [-0.1, -0.05) is 61.9 Å². The number of aliphatic imine (C=N–C) groups is 1. The van der Waals surface area contributed by atoms with E-state index in [1.807, 2.05) is 60.7 Å². The van der Waals surface area contributed by atoms with Crippen LogP contribution in [-0.2, 0) is 0 Å². The lowest BCUT2D eigenvalue weighted by Gasteiger charge is -2.02. The van der Waals surface area contributed by atoms with Gasteiger partial charge in [0.1, 0.15) is 0 Å². The second kappa shape index (κ2) is 7.98. The molecule has 0 aliphatic heterocycles. The summed E-state index contributed by atoms with van der Waals surface area (Å²) < 4.78 is 0. The number of allylic oxidation sites excluding steroid dienone is 1. The van der Waals surface area contributed by atoms with Crippen LogP contribution in [0.3, 0.4) is 0 Å². The number of carbonyl (C=O) groups is 1. The topological polar surface area (TPSA) is 29.4 Å². The van der Waals surface area contributed by atoms with Gasteiger partial charge in [0, 0.05) is 5.56 Å². The molecule has 2 heteroatoms. The molecule has 0 spiro atoms. The van der Waals surface area contributed by atoms with Crippen molar-refractivity contribution in [2.75, 3.05) is 0 Å². The minimum atomic E-state index is 0.0173. The molecule has 0 bridgehead atoms. The first-order valence-electron chi connectivity index (χ1n) is 7.28. The van der Waals surface area contributed by atoms with Gasteiger partial charge in [0.25, 0.3) is 0 Å². The van der Waals surface area contributed by atoms with Crippen LogP contribution in [0.25, 0.3) is 0 Å². The lowest BCUT2D eigenvalue weighted by atomic mass is 10.0. The Morgan fingerprint density at radius 1 is 1.00 bits per heavy atom. The molecule has 21 heavy (non-hydrogen) atoms. The molecule has 0 atom stereocenters. The molecular weight excluding hydrogens is 258 g/mol. The Morgan fingerprint density at radius 2 is 1.62 bits per heavy atom. The maximum Gasteiger partial charge on any atom is 0.198 e. The first-order valence-corrected chi connectivity index (χ1v) is 7.28. The van der Waals surface area contributed by atoms with Gasteiger partial charge in [-0.15, -0.1) is 0 Å². The Morgan fingerprint density at radius 3 is 2.24 bits per heavy atom. The van der Waals surface area contributed by atoms with Crippen molar-refractivity contribution < 1.29 is 4.79 Å². The highest BCUT2D eigenvalue weighted by atomic mass is 16.1. The Labute approximate surface area is 125 Å². The van der Waals surface area contributed by atoms with Crippen molar-refractivity contribution in [1.82, 2.24) is 0 Å². The summed E-state index contributed by atoms with van der Waals surface area (Å²) in [7, 11) is 0. The number of para-hydroxylation sites is 1. The molecule has 0 heterocycles. The molecule has 0 amide bonds. The Kier molecular flexibility index (Phi) is 5.69. The van der Waals surface area contributed by atoms with Crippen LogP contribution in [0.1, 0.15) is 36.5 Å². The van der Waals surface area contributed by atoms with Crippen molar-refractivity contribution in [3.8, 4) is 0 Å². The van der Waals surface area contributed by atoms with Crippen LogP contribution in [0.15, 0.2) is 71.2 Å². The molecule has 0 radical (unpaired) electrons. The fourth-order valence-corrected chi connectivity index (χ4v) is 1.97. The molecule has 0 aromatic heterocycles. The standard InChI is InChI=1S/C19H19NO/c1-2-3-10-17(15-20-18-13-8-5-9-14-18)19(21)16-11-6-4-7-12-16/h4-9,11-14H,2-3,10H2,1H3. The van der Waals surface area contributed by atoms with E-state index in [1.54, 1.807) is 0 Å². The lowest BCUT2D eigenvalue weighted by Crippen LogP contribution is -2.04. The van der Waals surface area contributed by atoms with E-state index < -0.39 is 0 Å². The van der Waals surface area contributed by atoms with Crippen LogP contribution in [0.4, 0.5) is 5.69 Å². The van der Waals surface area contributed by atoms with E-state index in [0.717, 1.165) is 18.5 Å². The van der Waals surface area contributed by atoms with E-state index in [-0.39, 0.29) is 5.78 Å². The maximum atomic E-state index is 12.5. The number of hydrogen-bond donors (Lipinski definition) is 0. The number of Topliss-reactive ketones (excluding diaryl/α,β-unsaturated/α-hetero) is 1. The normalized spacial score (nSPS) is 9.76. The van der Waals surface area contributed by atoms with Crippen LogP contribution >= 0.6 is 0 Å². The summed E-state index contributed by atoms with van der Waals surface area (Å²) in [5.41, 5.74) is 2.15. The average Bonchev–Trinajstić information content (AvgIpc) is 2.56. The number of benzene rings is 2. The molecule has 2 aromatic carbocycles. The van der Waals surface area contributed by atoms with Gasteiger partial charge in [0.15, 0.2) is 5.78 Å². The zero-order valence-corrected chi connectivity index (χ0v) is 12.3. The van der Waals surface area contributed by atoms with E-state index in [9.17, 15) is 4.79 Å². The molecule has 0 saturated carbocycles. The van der Waals surface area contributed by atoms with Crippen LogP contribution in [0.5, 0.6) is 0 Å². The van der Waals surface area contributed by atoms with Crippen LogP contribution in [-0.4, -0.2) is 11.7 Å². The average molecular weight is 277 g/mol. The zero-order valence-electron chi connectivity index (χ0n) is 12.3. The van der Waals surface area contributed by atoms with Crippen LogP contribution in [0, 0.1) is 0 Å². The van der Waals surface area contributed by atoms with E-state index in [2.05, 4.69) is 17.8 Å². The molecule has 2 rings (SSSR count). The van der Waals surface area contributed by atoms with Crippen molar-refractivity contribution in [3.63, 3.8) is 0 Å². The molecule has 0 fully saturated rings. The highest BCUT2D eigenvalue weighted by Gasteiger charge is 2.11. The van der Waals surface area contributed by atoms with Crippen molar-refractivity contribution >= 4 is 17.3 Å². The second-order valence-corrected chi connectivity index (χ2v) is 4.84. The molecule has 0 aliphatic rings. The third-order valence-corrected chi connectivity index (χ3v) is 3.17. The summed E-state index contributed by atoms with van der Waals surface area (Å²) in [6, 6.07) is 18.9. The molecule has 2 aromatic rings. The van der Waals surface area contributed by atoms with Gasteiger partial charge in [0.05, 0.1) is 11.3 Å². The first kappa shape index (κ1) is 15.0. The fraction of sp³-hybridized carbons (Fsp3) is 0.211. The van der Waals surface area contributed by atoms with Gasteiger partial charge in [0.2, 0.25) is 0 Å². The highest BCUT2D eigenvalue weighted by Crippen LogP contribution is 2.14. The summed E-state index contributed by atoms with van der Waals surface area (Å²) in [5, 5.41) is 0. The van der Waals surface area contributed by atoms with Crippen LogP contribution < -0.4 is 0 Å². The van der Waals surface area contributed by atoms with Crippen molar-refractivity contribution in [3.05, 3.63) is 71.8 Å². The maximum absolute atomic E-state index is 12.5. The summed E-state index contributed by atoms with van der Waals surface area (Å²) in [6.07, 6.45) is 2.71. The van der Waals surface area contributed by atoms with Gasteiger partial charge in [-0.25, -0.2) is 4.99 Å². The third-order valence-electron chi connectivity index (χ3n) is 3.17. The molecule has 0 unspecified atom stereocenters. The van der Waals surface area contributed by atoms with Gasteiger partial charge >= 0.3 is 0 Å². The zero-order chi connectivity index (χ0) is 14.9. The minimum absolute atomic E-state index is 0.0173. The Bertz CT molecular complexity index is 638. The van der Waals surface area contributed by atoms with Crippen molar-refractivity contribution in [1.29, 1.82) is 0 Å². The summed E-state index contributed by atoms with van der Waals surface area (Å²) in [4.78, 5) is 16.8. The Balaban J connectivity index is 2.30. The number of ketones is 1. The third kappa shape index (κ3) is 4.55. The predicted octanol–water partition coefficient (Wildman–Crippen LogP) is 4.99. The van der Waals surface area contributed by atoms with E-state index in [0.29, 0.717) is 17.6 Å². The fourth-order valence-electron chi connectivity index (χ4n) is 1.97. The van der Waals surface area contributed by atoms with Crippen molar-refractivity contribution in [2.24, 2.45) is 4.99 Å². The monoisotopic (exact) mass is 277 g/mol. The number of rotatable bonds is 6. The Hall–Kier alpha value is -2.44. The van der Waals surface area contributed by atoms with Gasteiger partial charge in [-0.3, -0.25) is 4.79 Å². The van der Waals surface area contributed by atoms with Crippen LogP contribution in [0.2, 0.25) is 0 Å².